The molecule has 0 saturated carbocycles. The summed E-state index contributed by atoms with van der Waals surface area (Å²) < 4.78 is 4.65. The number of allylic oxidation sites excluding steroid dienone is 4. The number of unbranched alkanes of at least 4 members (excludes halogenated alkanes) is 4. The van der Waals surface area contributed by atoms with Crippen molar-refractivity contribution < 1.29 is 9.13 Å². The van der Waals surface area contributed by atoms with Gasteiger partial charge in [0, 0.05) is 35.1 Å². The van der Waals surface area contributed by atoms with Crippen molar-refractivity contribution in [3.05, 3.63) is 83.5 Å². The Bertz CT molecular complexity index is 679. The standard InChI is InChI=1S/C26H38N2/c1-23-17-24(2)20-27(19-23)15-13-11-9-7-5-6-8-10-12-14-16-28-21-25(3)18-26(4)22-28/h5-8,17-22H,9-16H2,1-4H3/q+2/b7-5-,8-6-. The molecule has 2 heteroatoms. The van der Waals surface area contributed by atoms with Crippen molar-refractivity contribution in [2.24, 2.45) is 0 Å². The van der Waals surface area contributed by atoms with Crippen LogP contribution in [0.3, 0.4) is 0 Å². The lowest BCUT2D eigenvalue weighted by Crippen LogP contribution is -2.33. The molecule has 2 nitrogen and oxygen atoms in total. The molecule has 0 aliphatic carbocycles. The summed E-state index contributed by atoms with van der Waals surface area (Å²) in [6, 6.07) is 4.46. The fourth-order valence-electron chi connectivity index (χ4n) is 3.71. The number of nitrogens with zero attached hydrogens (tertiary/aromatic N) is 2. The average Bonchev–Trinajstić information content (AvgIpc) is 2.61. The number of hydrogen-bond donors (Lipinski definition) is 0. The van der Waals surface area contributed by atoms with Crippen LogP contribution in [0.15, 0.2) is 61.2 Å². The van der Waals surface area contributed by atoms with Gasteiger partial charge in [-0.3, -0.25) is 0 Å². The predicted molar refractivity (Wildman–Crippen MR) is 118 cm³/mol. The van der Waals surface area contributed by atoms with Gasteiger partial charge in [-0.2, -0.15) is 0 Å². The van der Waals surface area contributed by atoms with Crippen molar-refractivity contribution in [1.82, 2.24) is 0 Å². The normalized spacial score (nSPS) is 11.7. The van der Waals surface area contributed by atoms with E-state index in [2.05, 4.69) is 98.1 Å². The summed E-state index contributed by atoms with van der Waals surface area (Å²) in [4.78, 5) is 0. The number of rotatable bonds is 11. The smallest absolute Gasteiger partial charge is 0.171 e. The minimum Gasteiger partial charge on any atom is -0.205 e. The van der Waals surface area contributed by atoms with Crippen LogP contribution >= 0.6 is 0 Å². The Morgan fingerprint density at radius 1 is 0.571 bits per heavy atom. The third kappa shape index (κ3) is 9.12. The van der Waals surface area contributed by atoms with Crippen LogP contribution in [-0.2, 0) is 13.1 Å². The van der Waals surface area contributed by atoms with Gasteiger partial charge in [0.05, 0.1) is 0 Å². The van der Waals surface area contributed by atoms with Crippen LogP contribution in [0.1, 0.15) is 60.8 Å². The fourth-order valence-corrected chi connectivity index (χ4v) is 3.71. The maximum atomic E-state index is 2.32. The van der Waals surface area contributed by atoms with Gasteiger partial charge in [0.15, 0.2) is 24.8 Å². The van der Waals surface area contributed by atoms with E-state index < -0.39 is 0 Å². The molecule has 2 heterocycles. The van der Waals surface area contributed by atoms with E-state index in [0.29, 0.717) is 0 Å². The molecule has 2 rings (SSSR count). The van der Waals surface area contributed by atoms with Gasteiger partial charge >= 0.3 is 0 Å². The van der Waals surface area contributed by atoms with Crippen molar-refractivity contribution >= 4 is 0 Å². The highest BCUT2D eigenvalue weighted by molar-refractivity contribution is 5.12. The van der Waals surface area contributed by atoms with Crippen LogP contribution in [-0.4, -0.2) is 0 Å². The second-order valence-electron chi connectivity index (χ2n) is 8.10. The quantitative estimate of drug-likeness (QED) is 0.271. The Kier molecular flexibility index (Phi) is 9.68. The van der Waals surface area contributed by atoms with E-state index in [1.54, 1.807) is 0 Å². The Labute approximate surface area is 172 Å². The van der Waals surface area contributed by atoms with Crippen LogP contribution in [0.4, 0.5) is 0 Å². The molecule has 0 spiro atoms. The molecule has 2 aromatic rings. The monoisotopic (exact) mass is 378 g/mol. The zero-order chi connectivity index (χ0) is 20.2. The molecule has 150 valence electrons. The molecule has 0 aliphatic rings. The number of pyridine rings is 2. The summed E-state index contributed by atoms with van der Waals surface area (Å²) in [5.41, 5.74) is 5.38. The highest BCUT2D eigenvalue weighted by atomic mass is 14.9. The van der Waals surface area contributed by atoms with E-state index >= 15 is 0 Å². The summed E-state index contributed by atoms with van der Waals surface area (Å²) in [5, 5.41) is 0. The van der Waals surface area contributed by atoms with Crippen LogP contribution < -0.4 is 9.13 Å². The summed E-state index contributed by atoms with van der Waals surface area (Å²) in [6.45, 7) is 10.9. The molecule has 0 bridgehead atoms. The summed E-state index contributed by atoms with van der Waals surface area (Å²) in [7, 11) is 0. The van der Waals surface area contributed by atoms with E-state index in [9.17, 15) is 0 Å². The van der Waals surface area contributed by atoms with Crippen molar-refractivity contribution in [2.75, 3.05) is 0 Å². The van der Waals surface area contributed by atoms with Gasteiger partial charge in [-0.1, -0.05) is 24.3 Å². The second-order valence-corrected chi connectivity index (χ2v) is 8.10. The Morgan fingerprint density at radius 3 is 1.29 bits per heavy atom. The molecule has 0 unspecified atom stereocenters. The van der Waals surface area contributed by atoms with Gasteiger partial charge in [-0.15, -0.1) is 0 Å². The van der Waals surface area contributed by atoms with E-state index in [-0.39, 0.29) is 0 Å². The zero-order valence-electron chi connectivity index (χ0n) is 18.3. The topological polar surface area (TPSA) is 7.76 Å². The largest absolute Gasteiger partial charge is 0.205 e. The highest BCUT2D eigenvalue weighted by Crippen LogP contribution is 2.02. The van der Waals surface area contributed by atoms with E-state index in [1.165, 1.54) is 60.8 Å². The second kappa shape index (κ2) is 12.3. The van der Waals surface area contributed by atoms with E-state index in [4.69, 9.17) is 0 Å². The first-order chi connectivity index (χ1) is 13.5. The third-order valence-corrected chi connectivity index (χ3v) is 4.85. The van der Waals surface area contributed by atoms with Crippen LogP contribution in [0.25, 0.3) is 0 Å². The predicted octanol–water partition coefficient (Wildman–Crippen LogP) is 5.65. The lowest BCUT2D eigenvalue weighted by molar-refractivity contribution is -0.698. The molecular formula is C26H38N2+2. The highest BCUT2D eigenvalue weighted by Gasteiger charge is 2.03. The molecule has 0 N–H and O–H groups in total. The number of hydrogen-bond acceptors (Lipinski definition) is 0. The zero-order valence-corrected chi connectivity index (χ0v) is 18.3. The molecule has 0 atom stereocenters. The maximum absolute atomic E-state index is 2.32. The Balaban J connectivity index is 1.51. The molecule has 2 aromatic heterocycles. The van der Waals surface area contributed by atoms with Crippen molar-refractivity contribution in [3.8, 4) is 0 Å². The minimum atomic E-state index is 1.12. The SMILES string of the molecule is Cc1cc(C)c[n+](CCCC/C=C\C=C/CCCC[n+]2cc(C)cc(C)c2)c1. The van der Waals surface area contributed by atoms with Gasteiger partial charge in [-0.25, -0.2) is 9.13 Å². The third-order valence-electron chi connectivity index (χ3n) is 4.85. The van der Waals surface area contributed by atoms with Crippen molar-refractivity contribution in [1.29, 1.82) is 0 Å². The summed E-state index contributed by atoms with van der Waals surface area (Å²) in [6.07, 6.45) is 25.3. The van der Waals surface area contributed by atoms with Gasteiger partial charge < -0.3 is 0 Å². The lowest BCUT2D eigenvalue weighted by Gasteiger charge is -1.99. The lowest BCUT2D eigenvalue weighted by atomic mass is 10.2. The van der Waals surface area contributed by atoms with Crippen LogP contribution in [0.5, 0.6) is 0 Å². The van der Waals surface area contributed by atoms with E-state index in [1.807, 2.05) is 0 Å². The van der Waals surface area contributed by atoms with Crippen molar-refractivity contribution in [2.45, 2.75) is 79.3 Å². The molecule has 0 aliphatic heterocycles. The average molecular weight is 379 g/mol. The molecule has 0 saturated heterocycles. The minimum absolute atomic E-state index is 1.12. The van der Waals surface area contributed by atoms with Gasteiger partial charge in [0.25, 0.3) is 0 Å². The van der Waals surface area contributed by atoms with Crippen LogP contribution in [0.2, 0.25) is 0 Å². The van der Waals surface area contributed by atoms with Crippen LogP contribution in [0, 0.1) is 27.7 Å². The molecule has 0 amide bonds. The molecule has 0 fully saturated rings. The summed E-state index contributed by atoms with van der Waals surface area (Å²) in [5.74, 6) is 0. The first-order valence-electron chi connectivity index (χ1n) is 10.8. The maximum Gasteiger partial charge on any atom is 0.171 e. The molecule has 0 aromatic carbocycles. The van der Waals surface area contributed by atoms with Gasteiger partial charge in [-0.05, 0) is 65.5 Å². The Hall–Kier alpha value is -2.22. The van der Waals surface area contributed by atoms with Crippen molar-refractivity contribution in [3.63, 3.8) is 0 Å². The first kappa shape index (κ1) is 22.1. The van der Waals surface area contributed by atoms with E-state index in [0.717, 1.165) is 13.1 Å². The summed E-state index contributed by atoms with van der Waals surface area (Å²) >= 11 is 0. The number of aryl methyl sites for hydroxylation is 6. The molecular weight excluding hydrogens is 340 g/mol. The Morgan fingerprint density at radius 2 is 0.929 bits per heavy atom. The van der Waals surface area contributed by atoms with Gasteiger partial charge in [0.1, 0.15) is 13.1 Å². The van der Waals surface area contributed by atoms with Gasteiger partial charge in [0.2, 0.25) is 0 Å². The molecule has 28 heavy (non-hydrogen) atoms. The number of aromatic nitrogens is 2. The first-order valence-corrected chi connectivity index (χ1v) is 10.8. The fraction of sp³-hybridized carbons (Fsp3) is 0.462. The molecule has 0 radical (unpaired) electrons.